The van der Waals surface area contributed by atoms with Gasteiger partial charge in [0.25, 0.3) is 0 Å². The summed E-state index contributed by atoms with van der Waals surface area (Å²) in [5, 5.41) is 0. The van der Waals surface area contributed by atoms with Gasteiger partial charge in [0.1, 0.15) is 0 Å². The molecule has 0 N–H and O–H groups in total. The zero-order valence-corrected chi connectivity index (χ0v) is 14.5. The van der Waals surface area contributed by atoms with Crippen molar-refractivity contribution in [1.29, 1.82) is 0 Å². The Morgan fingerprint density at radius 2 is 1.86 bits per heavy atom. The highest BCUT2D eigenvalue weighted by Crippen LogP contribution is 2.48. The van der Waals surface area contributed by atoms with E-state index in [-0.39, 0.29) is 5.91 Å². The van der Waals surface area contributed by atoms with Crippen LogP contribution < -0.4 is 0 Å². The summed E-state index contributed by atoms with van der Waals surface area (Å²) < 4.78 is 0. The van der Waals surface area contributed by atoms with Crippen molar-refractivity contribution < 1.29 is 4.79 Å². The van der Waals surface area contributed by atoms with Crippen molar-refractivity contribution in [2.75, 3.05) is 13.1 Å². The highest BCUT2D eigenvalue weighted by Gasteiger charge is 2.36. The fourth-order valence-electron chi connectivity index (χ4n) is 4.86. The normalized spacial score (nSPS) is 33.1. The van der Waals surface area contributed by atoms with Crippen LogP contribution in [0, 0.1) is 17.8 Å². The Labute approximate surface area is 135 Å². The summed E-state index contributed by atoms with van der Waals surface area (Å²) in [5.74, 6) is 2.42. The maximum Gasteiger partial charge on any atom is 0.249 e. The molecule has 2 nitrogen and oxygen atoms in total. The van der Waals surface area contributed by atoms with Crippen LogP contribution in [0.3, 0.4) is 0 Å². The van der Waals surface area contributed by atoms with Gasteiger partial charge in [-0.3, -0.25) is 4.79 Å². The topological polar surface area (TPSA) is 20.3 Å². The number of hydrogen-bond donors (Lipinski definition) is 0. The number of likely N-dealkylation sites (tertiary alicyclic amines) is 1. The van der Waals surface area contributed by atoms with E-state index in [9.17, 15) is 4.79 Å². The first-order valence-corrected chi connectivity index (χ1v) is 9.25. The highest BCUT2D eigenvalue weighted by molar-refractivity contribution is 5.93. The number of carbonyl (C=O) groups excluding carboxylic acids is 1. The average Bonchev–Trinajstić information content (AvgIpc) is 2.93. The smallest absolute Gasteiger partial charge is 0.249 e. The molecule has 1 heterocycles. The molecule has 0 aromatic heterocycles. The molecule has 0 aromatic rings. The van der Waals surface area contributed by atoms with Crippen LogP contribution in [0.2, 0.25) is 0 Å². The molecule has 0 aromatic carbocycles. The van der Waals surface area contributed by atoms with Gasteiger partial charge in [-0.2, -0.15) is 0 Å². The van der Waals surface area contributed by atoms with Gasteiger partial charge in [0.2, 0.25) is 5.91 Å². The Kier molecular flexibility index (Phi) is 4.75. The van der Waals surface area contributed by atoms with Crippen LogP contribution in [0.5, 0.6) is 0 Å². The molecule has 22 heavy (non-hydrogen) atoms. The molecule has 2 heteroatoms. The van der Waals surface area contributed by atoms with Crippen molar-refractivity contribution in [3.8, 4) is 0 Å². The minimum atomic E-state index is 0.283. The van der Waals surface area contributed by atoms with Crippen molar-refractivity contribution in [1.82, 2.24) is 4.90 Å². The summed E-state index contributed by atoms with van der Waals surface area (Å²) in [6, 6.07) is 0. The van der Waals surface area contributed by atoms with Gasteiger partial charge in [-0.05, 0) is 76.5 Å². The molecule has 0 spiro atoms. The molecular formula is C20H31NO. The van der Waals surface area contributed by atoms with Crippen molar-refractivity contribution in [2.24, 2.45) is 17.8 Å². The maximum absolute atomic E-state index is 12.7. The first-order valence-electron chi connectivity index (χ1n) is 9.25. The molecule has 1 aliphatic heterocycles. The minimum Gasteiger partial charge on any atom is -0.339 e. The van der Waals surface area contributed by atoms with E-state index in [0.29, 0.717) is 5.92 Å². The van der Waals surface area contributed by atoms with E-state index in [2.05, 4.69) is 24.8 Å². The van der Waals surface area contributed by atoms with Crippen molar-refractivity contribution >= 4 is 5.91 Å². The zero-order valence-electron chi connectivity index (χ0n) is 14.5. The summed E-state index contributed by atoms with van der Waals surface area (Å²) in [7, 11) is 0. The van der Waals surface area contributed by atoms with E-state index in [1.165, 1.54) is 44.9 Å². The lowest BCUT2D eigenvalue weighted by Crippen LogP contribution is -2.36. The lowest BCUT2D eigenvalue weighted by atomic mass is 9.71. The van der Waals surface area contributed by atoms with Gasteiger partial charge in [0.15, 0.2) is 0 Å². The molecule has 3 aliphatic rings. The van der Waals surface area contributed by atoms with Crippen molar-refractivity contribution in [3.63, 3.8) is 0 Å². The second-order valence-electron chi connectivity index (χ2n) is 7.74. The molecule has 0 unspecified atom stereocenters. The largest absolute Gasteiger partial charge is 0.339 e. The van der Waals surface area contributed by atoms with Crippen LogP contribution in [0.1, 0.15) is 65.7 Å². The fourth-order valence-corrected chi connectivity index (χ4v) is 4.86. The lowest BCUT2D eigenvalue weighted by molar-refractivity contribution is -0.127. The van der Waals surface area contributed by atoms with Gasteiger partial charge in [0.05, 0.1) is 0 Å². The molecule has 1 saturated heterocycles. The Morgan fingerprint density at radius 3 is 2.59 bits per heavy atom. The first kappa shape index (κ1) is 15.8. The second kappa shape index (κ2) is 6.60. The van der Waals surface area contributed by atoms with Crippen LogP contribution >= 0.6 is 0 Å². The Bertz CT molecular complexity index is 496. The molecular weight excluding hydrogens is 270 g/mol. The van der Waals surface area contributed by atoms with Gasteiger partial charge in [-0.25, -0.2) is 0 Å². The van der Waals surface area contributed by atoms with E-state index in [4.69, 9.17) is 0 Å². The standard InChI is InChI=1S/C20H31NO/c1-14-7-9-17(19-15(2)8-10-18(14)19)13-16(3)20(22)21-11-5-4-6-12-21/h13-14,17-18H,4-12H2,1-3H3/b16-13+/t14-,17+,18-/m1/s1. The van der Waals surface area contributed by atoms with E-state index >= 15 is 0 Å². The number of amides is 1. The second-order valence-corrected chi connectivity index (χ2v) is 7.74. The maximum atomic E-state index is 12.7. The zero-order chi connectivity index (χ0) is 15.7. The third-order valence-corrected chi connectivity index (χ3v) is 6.17. The van der Waals surface area contributed by atoms with Gasteiger partial charge in [0, 0.05) is 18.7 Å². The number of allylic oxidation sites excluding steroid dienone is 3. The number of nitrogens with zero attached hydrogens (tertiary/aromatic N) is 1. The molecule has 0 radical (unpaired) electrons. The number of piperidine rings is 1. The summed E-state index contributed by atoms with van der Waals surface area (Å²) >= 11 is 0. The minimum absolute atomic E-state index is 0.283. The van der Waals surface area contributed by atoms with Gasteiger partial charge < -0.3 is 4.90 Å². The van der Waals surface area contributed by atoms with Crippen LogP contribution in [-0.2, 0) is 4.79 Å². The Morgan fingerprint density at radius 1 is 1.14 bits per heavy atom. The number of carbonyl (C=O) groups is 1. The Hall–Kier alpha value is -1.05. The monoisotopic (exact) mass is 301 g/mol. The third kappa shape index (κ3) is 3.02. The summed E-state index contributed by atoms with van der Waals surface area (Å²) in [6.45, 7) is 8.67. The van der Waals surface area contributed by atoms with Crippen molar-refractivity contribution in [2.45, 2.75) is 65.7 Å². The predicted octanol–water partition coefficient (Wildman–Crippen LogP) is 4.72. The number of rotatable bonds is 2. The molecule has 0 bridgehead atoms. The third-order valence-electron chi connectivity index (χ3n) is 6.17. The van der Waals surface area contributed by atoms with Gasteiger partial charge in [-0.15, -0.1) is 0 Å². The summed E-state index contributed by atoms with van der Waals surface area (Å²) in [4.78, 5) is 14.7. The predicted molar refractivity (Wildman–Crippen MR) is 91.5 cm³/mol. The molecule has 1 saturated carbocycles. The SMILES string of the molecule is CC1=C2[C@H](/C=C(\C)C(=O)N3CCCCC3)CC[C@@H](C)[C@H]2CC1. The molecule has 122 valence electrons. The summed E-state index contributed by atoms with van der Waals surface area (Å²) in [5.41, 5.74) is 4.27. The Balaban J connectivity index is 1.75. The van der Waals surface area contributed by atoms with Crippen LogP contribution in [0.4, 0.5) is 0 Å². The first-order chi connectivity index (χ1) is 10.6. The number of hydrogen-bond acceptors (Lipinski definition) is 1. The van der Waals surface area contributed by atoms with E-state index < -0.39 is 0 Å². The van der Waals surface area contributed by atoms with E-state index in [0.717, 1.165) is 30.5 Å². The summed E-state index contributed by atoms with van der Waals surface area (Å²) in [6.07, 6.45) is 11.1. The quantitative estimate of drug-likeness (QED) is 0.534. The average molecular weight is 301 g/mol. The molecule has 3 rings (SSSR count). The van der Waals surface area contributed by atoms with Crippen LogP contribution in [0.25, 0.3) is 0 Å². The van der Waals surface area contributed by atoms with Gasteiger partial charge in [-0.1, -0.05) is 24.1 Å². The molecule has 1 amide bonds. The number of fused-ring (bicyclic) bond motifs is 1. The lowest BCUT2D eigenvalue weighted by Gasteiger charge is -2.34. The van der Waals surface area contributed by atoms with Crippen molar-refractivity contribution in [3.05, 3.63) is 22.8 Å². The van der Waals surface area contributed by atoms with Crippen LogP contribution in [-0.4, -0.2) is 23.9 Å². The van der Waals surface area contributed by atoms with E-state index in [1.54, 1.807) is 11.1 Å². The van der Waals surface area contributed by atoms with Crippen LogP contribution in [0.15, 0.2) is 22.8 Å². The molecule has 2 aliphatic carbocycles. The fraction of sp³-hybridized carbons (Fsp3) is 0.750. The van der Waals surface area contributed by atoms with Gasteiger partial charge >= 0.3 is 0 Å². The highest BCUT2D eigenvalue weighted by atomic mass is 16.2. The molecule has 3 atom stereocenters. The molecule has 2 fully saturated rings. The van der Waals surface area contributed by atoms with E-state index in [1.807, 2.05) is 6.92 Å².